The molecule has 2 atom stereocenters. The Hall–Kier alpha value is -0.0800. The van der Waals surface area contributed by atoms with E-state index in [2.05, 4.69) is 18.9 Å². The van der Waals surface area contributed by atoms with E-state index in [4.69, 9.17) is 0 Å². The van der Waals surface area contributed by atoms with Crippen LogP contribution in [-0.4, -0.2) is 35.7 Å². The molecule has 1 saturated heterocycles. The van der Waals surface area contributed by atoms with Crippen LogP contribution in [0.5, 0.6) is 0 Å². The molecule has 58 valence electrons. The van der Waals surface area contributed by atoms with Gasteiger partial charge in [-0.15, -0.1) is 0 Å². The summed E-state index contributed by atoms with van der Waals surface area (Å²) in [6.45, 7) is 4.33. The van der Waals surface area contributed by atoms with Crippen molar-refractivity contribution in [3.63, 3.8) is 0 Å². The van der Waals surface area contributed by atoms with Gasteiger partial charge in [0, 0.05) is 19.0 Å². The molecule has 1 saturated carbocycles. The Labute approximate surface area is 61.8 Å². The molecule has 0 aromatic rings. The predicted molar refractivity (Wildman–Crippen MR) is 39.7 cm³/mol. The van der Waals surface area contributed by atoms with E-state index < -0.39 is 0 Å². The molecular weight excluding hydrogens is 126 g/mol. The minimum atomic E-state index is -0.257. The average Bonchev–Trinajstić information content (AvgIpc) is 2.34. The van der Waals surface area contributed by atoms with Crippen molar-refractivity contribution in [1.29, 1.82) is 0 Å². The molecule has 10 heavy (non-hydrogen) atoms. The van der Waals surface area contributed by atoms with E-state index in [1.165, 1.54) is 0 Å². The first kappa shape index (κ1) is 6.62. The number of nitrogens with zero attached hydrogens (tertiary/aromatic N) is 1. The molecule has 0 amide bonds. The molecule has 2 rings (SSSR count). The van der Waals surface area contributed by atoms with Gasteiger partial charge in [0.25, 0.3) is 0 Å². The number of hydrogen-bond donors (Lipinski definition) is 1. The van der Waals surface area contributed by atoms with Gasteiger partial charge in [-0.3, -0.25) is 0 Å². The Morgan fingerprint density at radius 2 is 2.00 bits per heavy atom. The minimum absolute atomic E-state index is 0.257. The second kappa shape index (κ2) is 1.74. The topological polar surface area (TPSA) is 23.5 Å². The zero-order chi connectivity index (χ0) is 7.35. The first-order valence-electron chi connectivity index (χ1n) is 4.04. The summed E-state index contributed by atoms with van der Waals surface area (Å²) in [5.41, 5.74) is -0.257. The lowest BCUT2D eigenvalue weighted by Gasteiger charge is -2.40. The van der Waals surface area contributed by atoms with Gasteiger partial charge in [0.15, 0.2) is 0 Å². The quantitative estimate of drug-likeness (QED) is 0.568. The van der Waals surface area contributed by atoms with Crippen molar-refractivity contribution in [3.8, 4) is 0 Å². The second-order valence-electron chi connectivity index (χ2n) is 4.01. The largest absolute Gasteiger partial charge is 0.389 e. The van der Waals surface area contributed by atoms with E-state index in [1.54, 1.807) is 0 Å². The summed E-state index contributed by atoms with van der Waals surface area (Å²) >= 11 is 0. The van der Waals surface area contributed by atoms with Gasteiger partial charge < -0.3 is 10.0 Å². The van der Waals surface area contributed by atoms with E-state index >= 15 is 0 Å². The maximum absolute atomic E-state index is 9.81. The normalized spacial score (nSPS) is 48.9. The van der Waals surface area contributed by atoms with Crippen LogP contribution in [0.15, 0.2) is 0 Å². The zero-order valence-electron chi connectivity index (χ0n) is 6.67. The highest BCUT2D eigenvalue weighted by molar-refractivity contribution is 5.09. The molecule has 1 heterocycles. The molecule has 0 spiro atoms. The van der Waals surface area contributed by atoms with Crippen molar-refractivity contribution in [2.24, 2.45) is 11.8 Å². The number of aliphatic hydroxyl groups is 1. The Bertz CT molecular complexity index is 153. The number of hydrogen-bond acceptors (Lipinski definition) is 2. The number of rotatable bonds is 1. The van der Waals surface area contributed by atoms with E-state index in [1.807, 2.05) is 0 Å². The molecule has 1 N–H and O–H groups in total. The van der Waals surface area contributed by atoms with Gasteiger partial charge in [-0.2, -0.15) is 0 Å². The molecule has 2 aliphatic rings. The van der Waals surface area contributed by atoms with Crippen LogP contribution in [0.3, 0.4) is 0 Å². The summed E-state index contributed by atoms with van der Waals surface area (Å²) in [7, 11) is 2.10. The van der Waals surface area contributed by atoms with Crippen LogP contribution in [0.1, 0.15) is 13.3 Å². The monoisotopic (exact) mass is 141 g/mol. The Balaban J connectivity index is 1.91. The van der Waals surface area contributed by atoms with Gasteiger partial charge in [0.1, 0.15) is 0 Å². The zero-order valence-corrected chi connectivity index (χ0v) is 6.67. The molecule has 0 aromatic carbocycles. The van der Waals surface area contributed by atoms with Crippen molar-refractivity contribution in [3.05, 3.63) is 0 Å². The first-order chi connectivity index (χ1) is 4.63. The fourth-order valence-electron chi connectivity index (χ4n) is 2.02. The summed E-state index contributed by atoms with van der Waals surface area (Å²) < 4.78 is 0. The van der Waals surface area contributed by atoms with Gasteiger partial charge in [-0.05, 0) is 19.4 Å². The van der Waals surface area contributed by atoms with Gasteiger partial charge in [-0.1, -0.05) is 6.92 Å². The molecule has 0 aromatic heterocycles. The highest BCUT2D eigenvalue weighted by atomic mass is 16.3. The lowest BCUT2D eigenvalue weighted by molar-refractivity contribution is -0.0171. The maximum Gasteiger partial charge on any atom is 0.0730 e. The SMILES string of the molecule is CC1CC1(O)C1CN(C)C1. The van der Waals surface area contributed by atoms with Crippen molar-refractivity contribution in [2.75, 3.05) is 20.1 Å². The van der Waals surface area contributed by atoms with Crippen molar-refractivity contribution >= 4 is 0 Å². The van der Waals surface area contributed by atoms with E-state index in [9.17, 15) is 5.11 Å². The van der Waals surface area contributed by atoms with Crippen LogP contribution in [0.4, 0.5) is 0 Å². The Morgan fingerprint density at radius 3 is 2.30 bits per heavy atom. The Kier molecular flexibility index (Phi) is 1.15. The molecule has 1 aliphatic heterocycles. The maximum atomic E-state index is 9.81. The summed E-state index contributed by atoms with van der Waals surface area (Å²) in [6.07, 6.45) is 1.03. The van der Waals surface area contributed by atoms with Crippen molar-refractivity contribution in [1.82, 2.24) is 4.90 Å². The van der Waals surface area contributed by atoms with Crippen LogP contribution in [0, 0.1) is 11.8 Å². The third-order valence-electron chi connectivity index (χ3n) is 3.10. The van der Waals surface area contributed by atoms with Gasteiger partial charge in [0.05, 0.1) is 5.60 Å². The van der Waals surface area contributed by atoms with Crippen LogP contribution in [-0.2, 0) is 0 Å². The third kappa shape index (κ3) is 0.722. The van der Waals surface area contributed by atoms with Crippen LogP contribution >= 0.6 is 0 Å². The summed E-state index contributed by atoms with van der Waals surface area (Å²) in [4.78, 5) is 2.26. The van der Waals surface area contributed by atoms with Crippen LogP contribution in [0.2, 0.25) is 0 Å². The molecule has 2 nitrogen and oxygen atoms in total. The molecule has 0 radical (unpaired) electrons. The molecule has 1 aliphatic carbocycles. The van der Waals surface area contributed by atoms with Crippen molar-refractivity contribution in [2.45, 2.75) is 18.9 Å². The summed E-state index contributed by atoms with van der Waals surface area (Å²) in [5.74, 6) is 1.14. The fourth-order valence-corrected chi connectivity index (χ4v) is 2.02. The molecule has 2 heteroatoms. The fraction of sp³-hybridized carbons (Fsp3) is 1.00. The number of likely N-dealkylation sites (tertiary alicyclic amines) is 1. The van der Waals surface area contributed by atoms with Crippen molar-refractivity contribution < 1.29 is 5.11 Å². The molecule has 2 fully saturated rings. The van der Waals surface area contributed by atoms with E-state index in [0.29, 0.717) is 11.8 Å². The van der Waals surface area contributed by atoms with E-state index in [0.717, 1.165) is 19.5 Å². The minimum Gasteiger partial charge on any atom is -0.389 e. The molecular formula is C8H15NO. The lowest BCUT2D eigenvalue weighted by Crippen LogP contribution is -2.51. The predicted octanol–water partition coefficient (Wildman–Crippen LogP) is 0.319. The van der Waals surface area contributed by atoms with E-state index in [-0.39, 0.29) is 5.60 Å². The van der Waals surface area contributed by atoms with Crippen LogP contribution in [0.25, 0.3) is 0 Å². The Morgan fingerprint density at radius 1 is 1.50 bits per heavy atom. The average molecular weight is 141 g/mol. The summed E-state index contributed by atoms with van der Waals surface area (Å²) in [5, 5.41) is 9.81. The third-order valence-corrected chi connectivity index (χ3v) is 3.10. The smallest absolute Gasteiger partial charge is 0.0730 e. The lowest BCUT2D eigenvalue weighted by atomic mass is 9.91. The highest BCUT2D eigenvalue weighted by Crippen LogP contribution is 2.50. The first-order valence-corrected chi connectivity index (χ1v) is 4.04. The summed E-state index contributed by atoms with van der Waals surface area (Å²) in [6, 6.07) is 0. The molecule has 2 unspecified atom stereocenters. The van der Waals surface area contributed by atoms with Gasteiger partial charge in [0.2, 0.25) is 0 Å². The van der Waals surface area contributed by atoms with Gasteiger partial charge >= 0.3 is 0 Å². The van der Waals surface area contributed by atoms with Gasteiger partial charge in [-0.25, -0.2) is 0 Å². The van der Waals surface area contributed by atoms with Crippen LogP contribution < -0.4 is 0 Å². The molecule has 0 bridgehead atoms. The standard InChI is InChI=1S/C8H15NO/c1-6-3-8(6,10)7-4-9(2)5-7/h6-7,10H,3-5H2,1-2H3. The second-order valence-corrected chi connectivity index (χ2v) is 4.01. The highest BCUT2D eigenvalue weighted by Gasteiger charge is 2.57.